The fourth-order valence-electron chi connectivity index (χ4n) is 2.82. The van der Waals surface area contributed by atoms with Gasteiger partial charge in [0.25, 0.3) is 0 Å². The normalized spacial score (nSPS) is 10.4. The summed E-state index contributed by atoms with van der Waals surface area (Å²) in [4.78, 5) is 21.1. The third-order valence-electron chi connectivity index (χ3n) is 4.25. The van der Waals surface area contributed by atoms with Gasteiger partial charge >= 0.3 is 5.97 Å². The van der Waals surface area contributed by atoms with E-state index in [9.17, 15) is 14.3 Å². The molecule has 1 heterocycles. The van der Waals surface area contributed by atoms with Crippen molar-refractivity contribution >= 4 is 17.6 Å². The lowest BCUT2D eigenvalue weighted by Gasteiger charge is -2.23. The highest BCUT2D eigenvalue weighted by atomic mass is 19.1. The van der Waals surface area contributed by atoms with E-state index in [4.69, 9.17) is 4.74 Å². The molecule has 0 aliphatic rings. The average molecular weight is 410 g/mol. The Kier molecular flexibility index (Phi) is 7.54. The van der Waals surface area contributed by atoms with Gasteiger partial charge in [0.2, 0.25) is 5.95 Å². The van der Waals surface area contributed by atoms with Crippen LogP contribution in [0.5, 0.6) is 5.75 Å². The summed E-state index contributed by atoms with van der Waals surface area (Å²) in [5.41, 5.74) is 1.57. The van der Waals surface area contributed by atoms with E-state index in [0.29, 0.717) is 31.3 Å². The van der Waals surface area contributed by atoms with Gasteiger partial charge in [-0.3, -0.25) is 4.79 Å². The number of halogens is 1. The van der Waals surface area contributed by atoms with Crippen LogP contribution >= 0.6 is 0 Å². The van der Waals surface area contributed by atoms with Crippen molar-refractivity contribution in [3.05, 3.63) is 78.4 Å². The minimum Gasteiger partial charge on any atom is -0.494 e. The SMILES string of the molecule is O=C(O)CN(Cc1ccc(OCCCNc2ncccn2)cc1)c1ccc(F)cc1. The van der Waals surface area contributed by atoms with Gasteiger partial charge in [0, 0.05) is 31.2 Å². The van der Waals surface area contributed by atoms with Crippen LogP contribution in [0.3, 0.4) is 0 Å². The van der Waals surface area contributed by atoms with E-state index in [1.54, 1.807) is 35.5 Å². The van der Waals surface area contributed by atoms with Gasteiger partial charge in [-0.2, -0.15) is 0 Å². The molecular weight excluding hydrogens is 387 g/mol. The number of hydrogen-bond acceptors (Lipinski definition) is 6. The van der Waals surface area contributed by atoms with Crippen molar-refractivity contribution in [3.8, 4) is 5.75 Å². The quantitative estimate of drug-likeness (QED) is 0.467. The Morgan fingerprint density at radius 3 is 2.43 bits per heavy atom. The lowest BCUT2D eigenvalue weighted by Crippen LogP contribution is -2.29. The number of benzene rings is 2. The number of rotatable bonds is 11. The molecule has 0 bridgehead atoms. The number of hydrogen-bond donors (Lipinski definition) is 2. The molecule has 7 nitrogen and oxygen atoms in total. The van der Waals surface area contributed by atoms with Gasteiger partial charge in [-0.05, 0) is 54.4 Å². The maximum atomic E-state index is 13.2. The molecule has 1 aromatic heterocycles. The molecule has 8 heteroatoms. The number of anilines is 2. The molecule has 0 spiro atoms. The maximum absolute atomic E-state index is 13.2. The number of ether oxygens (including phenoxy) is 1. The number of aromatic nitrogens is 2. The molecule has 0 amide bonds. The summed E-state index contributed by atoms with van der Waals surface area (Å²) in [6.07, 6.45) is 4.15. The molecule has 0 atom stereocenters. The van der Waals surface area contributed by atoms with E-state index < -0.39 is 5.97 Å². The minimum absolute atomic E-state index is 0.179. The molecule has 3 aromatic rings. The summed E-state index contributed by atoms with van der Waals surface area (Å²) in [7, 11) is 0. The first kappa shape index (κ1) is 21.0. The molecule has 0 fully saturated rings. The Hall–Kier alpha value is -3.68. The molecule has 2 aromatic carbocycles. The van der Waals surface area contributed by atoms with E-state index >= 15 is 0 Å². The smallest absolute Gasteiger partial charge is 0.323 e. The third-order valence-corrected chi connectivity index (χ3v) is 4.25. The van der Waals surface area contributed by atoms with E-state index in [1.165, 1.54) is 12.1 Å². The number of carboxylic acids is 1. The maximum Gasteiger partial charge on any atom is 0.323 e. The van der Waals surface area contributed by atoms with Crippen LogP contribution < -0.4 is 15.0 Å². The van der Waals surface area contributed by atoms with Gasteiger partial charge in [0.1, 0.15) is 18.1 Å². The van der Waals surface area contributed by atoms with Crippen LogP contribution in [0, 0.1) is 5.82 Å². The predicted molar refractivity (Wildman–Crippen MR) is 112 cm³/mol. The second-order valence-electron chi connectivity index (χ2n) is 6.57. The number of nitrogens with zero attached hydrogens (tertiary/aromatic N) is 3. The first-order valence-electron chi connectivity index (χ1n) is 9.55. The Bertz CT molecular complexity index is 921. The van der Waals surface area contributed by atoms with Crippen molar-refractivity contribution in [3.63, 3.8) is 0 Å². The summed E-state index contributed by atoms with van der Waals surface area (Å²) in [5.74, 6) is 0.0195. The molecule has 0 radical (unpaired) electrons. The van der Waals surface area contributed by atoms with Gasteiger partial charge in [-0.1, -0.05) is 12.1 Å². The van der Waals surface area contributed by atoms with Gasteiger partial charge in [-0.25, -0.2) is 14.4 Å². The lowest BCUT2D eigenvalue weighted by molar-refractivity contribution is -0.135. The van der Waals surface area contributed by atoms with Gasteiger partial charge in [0.15, 0.2) is 0 Å². The van der Waals surface area contributed by atoms with Gasteiger partial charge in [0.05, 0.1) is 6.61 Å². The van der Waals surface area contributed by atoms with Crippen LogP contribution in [0.2, 0.25) is 0 Å². The molecule has 0 aliphatic heterocycles. The van der Waals surface area contributed by atoms with E-state index in [2.05, 4.69) is 15.3 Å². The summed E-state index contributed by atoms with van der Waals surface area (Å²) in [6, 6.07) is 15.0. The predicted octanol–water partition coefficient (Wildman–Crippen LogP) is 3.59. The summed E-state index contributed by atoms with van der Waals surface area (Å²) in [5, 5.41) is 12.3. The van der Waals surface area contributed by atoms with Crippen molar-refractivity contribution < 1.29 is 19.0 Å². The monoisotopic (exact) mass is 410 g/mol. The number of nitrogens with one attached hydrogen (secondary N) is 1. The van der Waals surface area contributed by atoms with Crippen LogP contribution in [0.4, 0.5) is 16.0 Å². The van der Waals surface area contributed by atoms with Crippen molar-refractivity contribution in [1.29, 1.82) is 0 Å². The Balaban J connectivity index is 1.48. The Morgan fingerprint density at radius 2 is 1.77 bits per heavy atom. The second kappa shape index (κ2) is 10.8. The largest absolute Gasteiger partial charge is 0.494 e. The van der Waals surface area contributed by atoms with E-state index in [0.717, 1.165) is 17.7 Å². The molecule has 0 aliphatic carbocycles. The van der Waals surface area contributed by atoms with Crippen LogP contribution in [-0.2, 0) is 11.3 Å². The molecule has 3 rings (SSSR count). The first-order chi connectivity index (χ1) is 14.6. The van der Waals surface area contributed by atoms with Crippen molar-refractivity contribution in [2.45, 2.75) is 13.0 Å². The van der Waals surface area contributed by atoms with Gasteiger partial charge in [-0.15, -0.1) is 0 Å². The highest BCUT2D eigenvalue weighted by molar-refractivity contribution is 5.73. The summed E-state index contributed by atoms with van der Waals surface area (Å²) in [6.45, 7) is 1.45. The Labute approximate surface area is 174 Å². The topological polar surface area (TPSA) is 87.6 Å². The second-order valence-corrected chi connectivity index (χ2v) is 6.57. The lowest BCUT2D eigenvalue weighted by atomic mass is 10.2. The zero-order chi connectivity index (χ0) is 21.2. The molecule has 156 valence electrons. The van der Waals surface area contributed by atoms with Crippen LogP contribution in [-0.4, -0.2) is 40.7 Å². The van der Waals surface area contributed by atoms with E-state index in [1.807, 2.05) is 24.3 Å². The number of carbonyl (C=O) groups is 1. The minimum atomic E-state index is -0.950. The third kappa shape index (κ3) is 6.73. The number of carboxylic acid groups (broad SMARTS) is 1. The fourth-order valence-corrected chi connectivity index (χ4v) is 2.82. The summed E-state index contributed by atoms with van der Waals surface area (Å²) < 4.78 is 18.9. The van der Waals surface area contributed by atoms with Crippen molar-refractivity contribution in [2.24, 2.45) is 0 Å². The van der Waals surface area contributed by atoms with E-state index in [-0.39, 0.29) is 12.4 Å². The molecule has 0 unspecified atom stereocenters. The fraction of sp³-hybridized carbons (Fsp3) is 0.227. The molecule has 0 saturated heterocycles. The number of aliphatic carboxylic acids is 1. The zero-order valence-corrected chi connectivity index (χ0v) is 16.4. The van der Waals surface area contributed by atoms with Crippen LogP contribution in [0.1, 0.15) is 12.0 Å². The summed E-state index contributed by atoms with van der Waals surface area (Å²) >= 11 is 0. The van der Waals surface area contributed by atoms with Crippen molar-refractivity contribution in [2.75, 3.05) is 29.9 Å². The van der Waals surface area contributed by atoms with Crippen LogP contribution in [0.25, 0.3) is 0 Å². The molecular formula is C22H23FN4O3. The highest BCUT2D eigenvalue weighted by Crippen LogP contribution is 2.19. The first-order valence-corrected chi connectivity index (χ1v) is 9.55. The standard InChI is InChI=1S/C22H23FN4O3/c23-18-5-7-19(8-6-18)27(16-21(28)29)15-17-3-9-20(10-4-17)30-14-2-13-26-22-24-11-1-12-25-22/h1,3-12H,2,13-16H2,(H,28,29)(H,24,25,26). The Morgan fingerprint density at radius 1 is 1.07 bits per heavy atom. The van der Waals surface area contributed by atoms with Crippen LogP contribution in [0.15, 0.2) is 67.0 Å². The van der Waals surface area contributed by atoms with Crippen molar-refractivity contribution in [1.82, 2.24) is 9.97 Å². The molecule has 2 N–H and O–H groups in total. The molecule has 0 saturated carbocycles. The zero-order valence-electron chi connectivity index (χ0n) is 16.4. The average Bonchev–Trinajstić information content (AvgIpc) is 2.75. The highest BCUT2D eigenvalue weighted by Gasteiger charge is 2.12. The van der Waals surface area contributed by atoms with Gasteiger partial charge < -0.3 is 20.1 Å². The molecule has 30 heavy (non-hydrogen) atoms.